The molecular formula is C22H34IN5O. The number of hydrogen-bond acceptors (Lipinski definition) is 3. The van der Waals surface area contributed by atoms with Crippen molar-refractivity contribution in [2.45, 2.75) is 65.1 Å². The summed E-state index contributed by atoms with van der Waals surface area (Å²) in [6.07, 6.45) is 10.2. The fourth-order valence-electron chi connectivity index (χ4n) is 3.54. The van der Waals surface area contributed by atoms with Crippen LogP contribution in [0, 0.1) is 13.8 Å². The van der Waals surface area contributed by atoms with Crippen molar-refractivity contribution in [2.24, 2.45) is 4.99 Å². The van der Waals surface area contributed by atoms with E-state index in [9.17, 15) is 0 Å². The van der Waals surface area contributed by atoms with Gasteiger partial charge < -0.3 is 15.4 Å². The molecule has 0 bridgehead atoms. The Morgan fingerprint density at radius 3 is 2.69 bits per heavy atom. The molecule has 2 N–H and O–H groups in total. The molecule has 0 aliphatic heterocycles. The smallest absolute Gasteiger partial charge is 0.191 e. The molecule has 0 amide bonds. The van der Waals surface area contributed by atoms with Crippen molar-refractivity contribution in [2.75, 3.05) is 13.6 Å². The van der Waals surface area contributed by atoms with E-state index in [1.807, 2.05) is 10.9 Å². The molecule has 0 saturated heterocycles. The van der Waals surface area contributed by atoms with Crippen molar-refractivity contribution in [3.05, 3.63) is 47.3 Å². The van der Waals surface area contributed by atoms with Crippen LogP contribution in [-0.4, -0.2) is 35.4 Å². The lowest BCUT2D eigenvalue weighted by Crippen LogP contribution is -2.37. The molecule has 1 aromatic heterocycles. The van der Waals surface area contributed by atoms with Crippen molar-refractivity contribution in [1.82, 2.24) is 20.4 Å². The first-order valence-corrected chi connectivity index (χ1v) is 10.3. The summed E-state index contributed by atoms with van der Waals surface area (Å²) in [6, 6.07) is 6.44. The molecule has 1 saturated carbocycles. The van der Waals surface area contributed by atoms with Gasteiger partial charge in [0.25, 0.3) is 0 Å². The van der Waals surface area contributed by atoms with Gasteiger partial charge in [-0.05, 0) is 63.1 Å². The van der Waals surface area contributed by atoms with E-state index in [1.54, 1.807) is 7.05 Å². The van der Waals surface area contributed by atoms with Crippen LogP contribution in [0.25, 0.3) is 0 Å². The van der Waals surface area contributed by atoms with Crippen LogP contribution < -0.4 is 15.4 Å². The fourth-order valence-corrected chi connectivity index (χ4v) is 3.54. The van der Waals surface area contributed by atoms with Crippen LogP contribution in [0.1, 0.15) is 48.8 Å². The van der Waals surface area contributed by atoms with Gasteiger partial charge in [0.2, 0.25) is 0 Å². The third-order valence-corrected chi connectivity index (χ3v) is 5.11. The lowest BCUT2D eigenvalue weighted by molar-refractivity contribution is 0.207. The molecule has 1 aliphatic rings. The first kappa shape index (κ1) is 23.5. The standard InChI is InChI=1S/C22H33N5O.HI/c1-17-9-10-19(21(13-17)28-20-7-4-5-8-20)15-25-22(23-3)24-11-6-12-27-16-18(2)14-26-27;/h9-10,13-14,16,20H,4-8,11-12,15H2,1-3H3,(H2,23,24,25);1H. The Kier molecular flexibility index (Phi) is 9.76. The molecule has 0 spiro atoms. The Morgan fingerprint density at radius 1 is 1.21 bits per heavy atom. The lowest BCUT2D eigenvalue weighted by atomic mass is 10.1. The third-order valence-electron chi connectivity index (χ3n) is 5.11. The summed E-state index contributed by atoms with van der Waals surface area (Å²) in [5.74, 6) is 1.81. The molecule has 0 unspecified atom stereocenters. The van der Waals surface area contributed by atoms with Gasteiger partial charge in [-0.15, -0.1) is 24.0 Å². The van der Waals surface area contributed by atoms with Gasteiger partial charge in [-0.3, -0.25) is 9.67 Å². The fraction of sp³-hybridized carbons (Fsp3) is 0.545. The molecular weight excluding hydrogens is 477 g/mol. The van der Waals surface area contributed by atoms with Crippen LogP contribution in [0.15, 0.2) is 35.6 Å². The van der Waals surface area contributed by atoms with Crippen molar-refractivity contribution >= 4 is 29.9 Å². The Morgan fingerprint density at radius 2 is 2.00 bits per heavy atom. The van der Waals surface area contributed by atoms with Gasteiger partial charge in [0.1, 0.15) is 5.75 Å². The van der Waals surface area contributed by atoms with Gasteiger partial charge >= 0.3 is 0 Å². The SMILES string of the molecule is CN=C(NCCCn1cc(C)cn1)NCc1ccc(C)cc1OC1CCCC1.I. The van der Waals surface area contributed by atoms with E-state index in [-0.39, 0.29) is 24.0 Å². The highest BCUT2D eigenvalue weighted by Gasteiger charge is 2.18. The number of aliphatic imine (C=N–C) groups is 1. The molecule has 0 radical (unpaired) electrons. The second-order valence-electron chi connectivity index (χ2n) is 7.62. The maximum atomic E-state index is 6.29. The van der Waals surface area contributed by atoms with E-state index >= 15 is 0 Å². The molecule has 3 rings (SSSR count). The van der Waals surface area contributed by atoms with E-state index in [0.29, 0.717) is 12.6 Å². The average Bonchev–Trinajstić information content (AvgIpc) is 3.34. The molecule has 7 heteroatoms. The normalized spacial score (nSPS) is 14.5. The second-order valence-corrected chi connectivity index (χ2v) is 7.62. The molecule has 1 heterocycles. The Balaban J connectivity index is 0.00000300. The maximum absolute atomic E-state index is 6.29. The minimum absolute atomic E-state index is 0. The number of nitrogens with zero attached hydrogens (tertiary/aromatic N) is 3. The first-order valence-electron chi connectivity index (χ1n) is 10.3. The van der Waals surface area contributed by atoms with Crippen molar-refractivity contribution in [3.63, 3.8) is 0 Å². The number of hydrogen-bond donors (Lipinski definition) is 2. The number of benzene rings is 1. The van der Waals surface area contributed by atoms with E-state index in [0.717, 1.165) is 31.2 Å². The number of guanidine groups is 1. The molecule has 0 atom stereocenters. The molecule has 1 aromatic carbocycles. The average molecular weight is 511 g/mol. The van der Waals surface area contributed by atoms with Gasteiger partial charge in [0.05, 0.1) is 12.3 Å². The minimum atomic E-state index is 0. The van der Waals surface area contributed by atoms with Crippen LogP contribution in [0.2, 0.25) is 0 Å². The summed E-state index contributed by atoms with van der Waals surface area (Å²) >= 11 is 0. The third kappa shape index (κ3) is 7.53. The highest BCUT2D eigenvalue weighted by Crippen LogP contribution is 2.27. The summed E-state index contributed by atoms with van der Waals surface area (Å²) in [5, 5.41) is 11.1. The molecule has 1 fully saturated rings. The number of halogens is 1. The molecule has 6 nitrogen and oxygen atoms in total. The second kappa shape index (κ2) is 12.0. The summed E-state index contributed by atoms with van der Waals surface area (Å²) < 4.78 is 8.27. The predicted octanol–water partition coefficient (Wildman–Crippen LogP) is 4.19. The first-order chi connectivity index (χ1) is 13.6. The summed E-state index contributed by atoms with van der Waals surface area (Å²) in [6.45, 7) is 6.61. The van der Waals surface area contributed by atoms with E-state index in [1.165, 1.54) is 42.4 Å². The van der Waals surface area contributed by atoms with Crippen molar-refractivity contribution in [3.8, 4) is 5.75 Å². The number of aromatic nitrogens is 2. The van der Waals surface area contributed by atoms with Crippen LogP contribution in [0.4, 0.5) is 0 Å². The summed E-state index contributed by atoms with van der Waals surface area (Å²) in [7, 11) is 1.80. The Bertz CT molecular complexity index is 783. The predicted molar refractivity (Wildman–Crippen MR) is 129 cm³/mol. The molecule has 160 valence electrons. The van der Waals surface area contributed by atoms with Crippen LogP contribution in [0.3, 0.4) is 0 Å². The molecule has 1 aliphatic carbocycles. The largest absolute Gasteiger partial charge is 0.490 e. The maximum Gasteiger partial charge on any atom is 0.191 e. The van der Waals surface area contributed by atoms with E-state index < -0.39 is 0 Å². The Hall–Kier alpha value is -1.77. The lowest BCUT2D eigenvalue weighted by Gasteiger charge is -2.18. The van der Waals surface area contributed by atoms with Crippen LogP contribution in [0.5, 0.6) is 5.75 Å². The van der Waals surface area contributed by atoms with Gasteiger partial charge in [0, 0.05) is 38.4 Å². The van der Waals surface area contributed by atoms with Gasteiger partial charge in [-0.1, -0.05) is 12.1 Å². The molecule has 2 aromatic rings. The highest BCUT2D eigenvalue weighted by molar-refractivity contribution is 14.0. The molecule has 29 heavy (non-hydrogen) atoms. The number of nitrogens with one attached hydrogen (secondary N) is 2. The van der Waals surface area contributed by atoms with Gasteiger partial charge in [-0.2, -0.15) is 5.10 Å². The zero-order chi connectivity index (χ0) is 19.8. The van der Waals surface area contributed by atoms with Crippen molar-refractivity contribution in [1.29, 1.82) is 0 Å². The Labute approximate surface area is 191 Å². The highest BCUT2D eigenvalue weighted by atomic mass is 127. The van der Waals surface area contributed by atoms with Crippen molar-refractivity contribution < 1.29 is 4.74 Å². The van der Waals surface area contributed by atoms with E-state index in [2.05, 4.69) is 59.0 Å². The summed E-state index contributed by atoms with van der Waals surface area (Å²) in [5.41, 5.74) is 3.60. The minimum Gasteiger partial charge on any atom is -0.490 e. The monoisotopic (exact) mass is 511 g/mol. The van der Waals surface area contributed by atoms with Crippen LogP contribution in [-0.2, 0) is 13.1 Å². The van der Waals surface area contributed by atoms with E-state index in [4.69, 9.17) is 4.74 Å². The number of ether oxygens (including phenoxy) is 1. The van der Waals surface area contributed by atoms with Gasteiger partial charge in [-0.25, -0.2) is 0 Å². The quantitative estimate of drug-likeness (QED) is 0.242. The zero-order valence-corrected chi connectivity index (χ0v) is 20.1. The topological polar surface area (TPSA) is 63.5 Å². The summed E-state index contributed by atoms with van der Waals surface area (Å²) in [4.78, 5) is 4.33. The van der Waals surface area contributed by atoms with Crippen LogP contribution >= 0.6 is 24.0 Å². The zero-order valence-electron chi connectivity index (χ0n) is 17.8. The number of rotatable bonds is 8. The number of aryl methyl sites for hydroxylation is 3. The van der Waals surface area contributed by atoms with Gasteiger partial charge in [0.15, 0.2) is 5.96 Å².